The van der Waals surface area contributed by atoms with Gasteiger partial charge in [0.1, 0.15) is 6.33 Å². The third kappa shape index (κ3) is 2.27. The van der Waals surface area contributed by atoms with Crippen LogP contribution in [0.5, 0.6) is 0 Å². The first-order chi connectivity index (χ1) is 10.3. The van der Waals surface area contributed by atoms with Crippen molar-refractivity contribution in [3.63, 3.8) is 0 Å². The van der Waals surface area contributed by atoms with Crippen molar-refractivity contribution in [3.8, 4) is 0 Å². The molecule has 2 aliphatic heterocycles. The quantitative estimate of drug-likeness (QED) is 0.842. The van der Waals surface area contributed by atoms with E-state index < -0.39 is 0 Å². The fourth-order valence-electron chi connectivity index (χ4n) is 3.51. The topological polar surface area (TPSA) is 75.4 Å². The molecule has 7 nitrogen and oxygen atoms in total. The fraction of sp³-hybridized carbons (Fsp3) is 0.571. The SMILES string of the molecule is O=C(Cc1cnc2ncnn2c1)N1[C@H]2CCNC[C@@H]1CC2. The van der Waals surface area contributed by atoms with Gasteiger partial charge in [-0.1, -0.05) is 0 Å². The van der Waals surface area contributed by atoms with Crippen LogP contribution >= 0.6 is 0 Å². The summed E-state index contributed by atoms with van der Waals surface area (Å²) in [6.45, 7) is 1.93. The summed E-state index contributed by atoms with van der Waals surface area (Å²) in [6.07, 6.45) is 8.72. The largest absolute Gasteiger partial charge is 0.335 e. The van der Waals surface area contributed by atoms with Crippen LogP contribution in [0.25, 0.3) is 5.78 Å². The predicted molar refractivity (Wildman–Crippen MR) is 75.6 cm³/mol. The minimum atomic E-state index is 0.201. The van der Waals surface area contributed by atoms with Gasteiger partial charge < -0.3 is 10.2 Å². The van der Waals surface area contributed by atoms with E-state index in [1.807, 2.05) is 6.20 Å². The van der Waals surface area contributed by atoms with Crippen LogP contribution in [0.4, 0.5) is 0 Å². The van der Waals surface area contributed by atoms with Crippen LogP contribution in [-0.4, -0.2) is 55.6 Å². The molecular weight excluding hydrogens is 268 g/mol. The van der Waals surface area contributed by atoms with Gasteiger partial charge >= 0.3 is 0 Å². The Morgan fingerprint density at radius 3 is 3.14 bits per heavy atom. The van der Waals surface area contributed by atoms with E-state index in [0.717, 1.165) is 37.9 Å². The molecule has 1 amide bonds. The van der Waals surface area contributed by atoms with Crippen LogP contribution in [0.1, 0.15) is 24.8 Å². The Labute approximate surface area is 122 Å². The minimum absolute atomic E-state index is 0.201. The molecule has 0 aromatic carbocycles. The molecule has 0 unspecified atom stereocenters. The van der Waals surface area contributed by atoms with Crippen molar-refractivity contribution in [1.82, 2.24) is 29.8 Å². The summed E-state index contributed by atoms with van der Waals surface area (Å²) in [7, 11) is 0. The number of hydrogen-bond donors (Lipinski definition) is 1. The molecule has 2 bridgehead atoms. The second kappa shape index (κ2) is 5.07. The molecule has 0 radical (unpaired) electrons. The molecule has 2 fully saturated rings. The van der Waals surface area contributed by atoms with E-state index in [9.17, 15) is 4.79 Å². The van der Waals surface area contributed by atoms with Gasteiger partial charge in [0, 0.05) is 31.0 Å². The Morgan fingerprint density at radius 1 is 1.29 bits per heavy atom. The number of nitrogens with zero attached hydrogens (tertiary/aromatic N) is 5. The van der Waals surface area contributed by atoms with Gasteiger partial charge in [-0.2, -0.15) is 10.1 Å². The summed E-state index contributed by atoms with van der Waals surface area (Å²) in [5.41, 5.74) is 0.884. The predicted octanol–water partition coefficient (Wildman–Crippen LogP) is 0.0197. The van der Waals surface area contributed by atoms with Gasteiger partial charge in [-0.05, 0) is 31.4 Å². The lowest BCUT2D eigenvalue weighted by Crippen LogP contribution is -2.43. The van der Waals surface area contributed by atoms with E-state index in [1.165, 1.54) is 6.33 Å². The van der Waals surface area contributed by atoms with Gasteiger partial charge in [-0.25, -0.2) is 9.50 Å². The molecule has 4 heterocycles. The Morgan fingerprint density at radius 2 is 2.19 bits per heavy atom. The zero-order valence-electron chi connectivity index (χ0n) is 11.8. The average Bonchev–Trinajstić information content (AvgIpc) is 3.01. The molecule has 2 aliphatic rings. The zero-order chi connectivity index (χ0) is 14.2. The van der Waals surface area contributed by atoms with Gasteiger partial charge in [-0.15, -0.1) is 0 Å². The third-order valence-electron chi connectivity index (χ3n) is 4.49. The van der Waals surface area contributed by atoms with Crippen LogP contribution in [0.2, 0.25) is 0 Å². The van der Waals surface area contributed by atoms with Gasteiger partial charge in [0.15, 0.2) is 0 Å². The normalized spacial score (nSPS) is 25.2. The lowest BCUT2D eigenvalue weighted by Gasteiger charge is -2.28. The van der Waals surface area contributed by atoms with Crippen LogP contribution in [0.15, 0.2) is 18.7 Å². The highest BCUT2D eigenvalue weighted by molar-refractivity contribution is 5.79. The van der Waals surface area contributed by atoms with Crippen LogP contribution in [-0.2, 0) is 11.2 Å². The molecule has 1 N–H and O–H groups in total. The Kier molecular flexibility index (Phi) is 3.07. The summed E-state index contributed by atoms with van der Waals surface area (Å²) in [6, 6.07) is 0.758. The van der Waals surface area contributed by atoms with Crippen molar-refractivity contribution in [2.75, 3.05) is 13.1 Å². The number of amides is 1. The number of rotatable bonds is 2. The smallest absolute Gasteiger partial charge is 0.252 e. The van der Waals surface area contributed by atoms with Gasteiger partial charge in [0.05, 0.1) is 6.42 Å². The first-order valence-corrected chi connectivity index (χ1v) is 7.47. The number of carbonyl (C=O) groups excluding carboxylic acids is 1. The standard InChI is InChI=1S/C14H18N6O/c21-13(20-11-1-2-12(20)7-15-4-3-11)5-10-6-16-14-17-9-18-19(14)8-10/h6,8-9,11-12,15H,1-5,7H2/t11-,12+/m1/s1. The van der Waals surface area contributed by atoms with E-state index in [2.05, 4.69) is 25.3 Å². The Hall–Kier alpha value is -2.02. The molecule has 2 atom stereocenters. The summed E-state index contributed by atoms with van der Waals surface area (Å²) < 4.78 is 1.61. The van der Waals surface area contributed by atoms with Crippen LogP contribution in [0.3, 0.4) is 0 Å². The lowest BCUT2D eigenvalue weighted by molar-refractivity contribution is -0.133. The van der Waals surface area contributed by atoms with Crippen molar-refractivity contribution in [2.45, 2.75) is 37.8 Å². The summed E-state index contributed by atoms with van der Waals surface area (Å²) in [5, 5.41) is 7.48. The molecule has 0 saturated carbocycles. The van der Waals surface area contributed by atoms with Crippen molar-refractivity contribution >= 4 is 11.7 Å². The maximum Gasteiger partial charge on any atom is 0.252 e. The lowest BCUT2D eigenvalue weighted by atomic mass is 10.1. The third-order valence-corrected chi connectivity index (χ3v) is 4.49. The number of carbonyl (C=O) groups is 1. The Balaban J connectivity index is 1.54. The van der Waals surface area contributed by atoms with Crippen LogP contribution in [0, 0.1) is 0 Å². The molecule has 2 saturated heterocycles. The van der Waals surface area contributed by atoms with Gasteiger partial charge in [-0.3, -0.25) is 4.79 Å². The maximum atomic E-state index is 12.7. The zero-order valence-corrected chi connectivity index (χ0v) is 11.8. The average molecular weight is 286 g/mol. The fourth-order valence-corrected chi connectivity index (χ4v) is 3.51. The molecule has 0 spiro atoms. The van der Waals surface area contributed by atoms with E-state index in [4.69, 9.17) is 0 Å². The van der Waals surface area contributed by atoms with Crippen molar-refractivity contribution < 1.29 is 4.79 Å². The van der Waals surface area contributed by atoms with E-state index in [1.54, 1.807) is 10.7 Å². The summed E-state index contributed by atoms with van der Waals surface area (Å²) in [4.78, 5) is 23.0. The Bertz CT molecular complexity index is 654. The molecule has 0 aliphatic carbocycles. The minimum Gasteiger partial charge on any atom is -0.335 e. The molecule has 21 heavy (non-hydrogen) atoms. The first-order valence-electron chi connectivity index (χ1n) is 7.47. The van der Waals surface area contributed by atoms with Crippen molar-refractivity contribution in [2.24, 2.45) is 0 Å². The number of hydrogen-bond acceptors (Lipinski definition) is 5. The second-order valence-corrected chi connectivity index (χ2v) is 5.82. The van der Waals surface area contributed by atoms with Gasteiger partial charge in [0.2, 0.25) is 5.91 Å². The first kappa shape index (κ1) is 12.7. The molecule has 2 aromatic rings. The van der Waals surface area contributed by atoms with Crippen LogP contribution < -0.4 is 5.32 Å². The number of fused-ring (bicyclic) bond motifs is 3. The van der Waals surface area contributed by atoms with E-state index in [0.29, 0.717) is 24.3 Å². The summed E-state index contributed by atoms with van der Waals surface area (Å²) in [5.74, 6) is 0.762. The molecular formula is C14H18N6O. The van der Waals surface area contributed by atoms with Gasteiger partial charge in [0.25, 0.3) is 5.78 Å². The van der Waals surface area contributed by atoms with Crippen molar-refractivity contribution in [3.05, 3.63) is 24.3 Å². The maximum absolute atomic E-state index is 12.7. The number of aromatic nitrogens is 4. The molecule has 7 heteroatoms. The summed E-state index contributed by atoms with van der Waals surface area (Å²) >= 11 is 0. The highest BCUT2D eigenvalue weighted by atomic mass is 16.2. The van der Waals surface area contributed by atoms with Crippen molar-refractivity contribution in [1.29, 1.82) is 0 Å². The molecule has 110 valence electrons. The van der Waals surface area contributed by atoms with E-state index in [-0.39, 0.29) is 5.91 Å². The highest BCUT2D eigenvalue weighted by Gasteiger charge is 2.37. The second-order valence-electron chi connectivity index (χ2n) is 5.82. The molecule has 2 aromatic heterocycles. The molecule has 4 rings (SSSR count). The number of nitrogens with one attached hydrogen (secondary N) is 1. The monoisotopic (exact) mass is 286 g/mol. The van der Waals surface area contributed by atoms with E-state index >= 15 is 0 Å². The highest BCUT2D eigenvalue weighted by Crippen LogP contribution is 2.28.